The minimum Gasteiger partial charge on any atom is -0.511 e. The Hall–Kier alpha value is -3.44. The number of rotatable bonds is 4. The number of ketones is 2. The predicted molar refractivity (Wildman–Crippen MR) is 113 cm³/mol. The third-order valence-electron chi connectivity index (χ3n) is 7.07. The number of fused-ring (bicyclic) bond motifs is 3. The van der Waals surface area contributed by atoms with Crippen molar-refractivity contribution in [2.45, 2.75) is 24.9 Å². The first kappa shape index (κ1) is 22.7. The lowest BCUT2D eigenvalue weighted by Crippen LogP contribution is -2.66. The summed E-state index contributed by atoms with van der Waals surface area (Å²) in [5.41, 5.74) is -0.754. The van der Waals surface area contributed by atoms with E-state index >= 15 is 0 Å². The lowest BCUT2D eigenvalue weighted by atomic mass is 9.52. The highest BCUT2D eigenvalue weighted by molar-refractivity contribution is 6.25. The number of nitrogens with one attached hydrogen (secondary N) is 2. The monoisotopic (exact) mass is 461 g/mol. The van der Waals surface area contributed by atoms with Gasteiger partial charge in [0.15, 0.2) is 11.4 Å². The highest BCUT2D eigenvalue weighted by atomic mass is 19.1. The number of nitrogens with two attached hydrogens (primary N) is 1. The van der Waals surface area contributed by atoms with Gasteiger partial charge in [-0.25, -0.2) is 4.39 Å². The fourth-order valence-electron chi connectivity index (χ4n) is 5.65. The summed E-state index contributed by atoms with van der Waals surface area (Å²) < 4.78 is 14.8. The number of phenolic OH excluding ortho intramolecular Hbond substituents is 1. The third kappa shape index (κ3) is 2.75. The number of amides is 1. The van der Waals surface area contributed by atoms with E-state index in [1.807, 2.05) is 0 Å². The molecule has 0 saturated carbocycles. The minimum absolute atomic E-state index is 0.0465. The Labute approximate surface area is 187 Å². The van der Waals surface area contributed by atoms with Crippen molar-refractivity contribution in [1.82, 2.24) is 5.32 Å². The second-order valence-corrected chi connectivity index (χ2v) is 8.77. The van der Waals surface area contributed by atoms with E-state index in [1.165, 1.54) is 14.1 Å². The van der Waals surface area contributed by atoms with Crippen molar-refractivity contribution in [3.63, 3.8) is 0 Å². The average molecular weight is 461 g/mol. The van der Waals surface area contributed by atoms with Gasteiger partial charge in [0.05, 0.1) is 11.3 Å². The van der Waals surface area contributed by atoms with Crippen LogP contribution in [0.15, 0.2) is 28.7 Å². The van der Waals surface area contributed by atoms with Crippen LogP contribution in [0.3, 0.4) is 0 Å². The molecule has 0 radical (unpaired) electrons. The fraction of sp³-hybridized carbons (Fsp3) is 0.409. The van der Waals surface area contributed by atoms with E-state index in [2.05, 4.69) is 10.6 Å². The molecule has 1 amide bonds. The Kier molecular flexibility index (Phi) is 5.02. The number of primary amides is 1. The lowest BCUT2D eigenvalue weighted by molar-refractivity contribution is -0.158. The molecule has 8 N–H and O–H groups in total. The second kappa shape index (κ2) is 7.29. The maximum Gasteiger partial charge on any atom is 0.255 e. The molecular formula is C22H24FN3O7. The van der Waals surface area contributed by atoms with Gasteiger partial charge in [-0.15, -0.1) is 0 Å². The van der Waals surface area contributed by atoms with E-state index in [0.717, 1.165) is 6.07 Å². The fourth-order valence-corrected chi connectivity index (χ4v) is 5.65. The number of hydrogen-bond donors (Lipinski definition) is 7. The van der Waals surface area contributed by atoms with Crippen LogP contribution < -0.4 is 16.4 Å². The van der Waals surface area contributed by atoms with Gasteiger partial charge in [-0.1, -0.05) is 0 Å². The number of allylic oxidation sites excluding steroid dienone is 2. The highest BCUT2D eigenvalue weighted by Gasteiger charge is 2.67. The quantitative estimate of drug-likeness (QED) is 0.246. The largest absolute Gasteiger partial charge is 0.511 e. The molecule has 176 valence electrons. The van der Waals surface area contributed by atoms with Crippen LogP contribution >= 0.6 is 0 Å². The number of Topliss-reactive ketones (excluding diaryl/α,β-unsaturated/α-hetero) is 2. The van der Waals surface area contributed by atoms with Crippen LogP contribution in [0, 0.1) is 17.2 Å². The number of carbonyl (C=O) groups is 3. The molecule has 1 aromatic rings. The molecule has 11 heteroatoms. The van der Waals surface area contributed by atoms with Crippen LogP contribution in [0.1, 0.15) is 28.8 Å². The molecule has 1 aromatic carbocycles. The smallest absolute Gasteiger partial charge is 0.255 e. The number of carbonyl (C=O) groups excluding carboxylic acids is 3. The van der Waals surface area contributed by atoms with E-state index in [-0.39, 0.29) is 41.8 Å². The van der Waals surface area contributed by atoms with Gasteiger partial charge in [0.25, 0.3) is 5.91 Å². The molecule has 0 saturated heterocycles. The second-order valence-electron chi connectivity index (χ2n) is 8.77. The van der Waals surface area contributed by atoms with Crippen molar-refractivity contribution in [2.24, 2.45) is 17.1 Å². The molecule has 0 heterocycles. The van der Waals surface area contributed by atoms with Gasteiger partial charge in [0.1, 0.15) is 28.7 Å². The van der Waals surface area contributed by atoms with Crippen LogP contribution in [-0.4, -0.2) is 64.1 Å². The van der Waals surface area contributed by atoms with E-state index < -0.39 is 69.5 Å². The van der Waals surface area contributed by atoms with Crippen LogP contribution in [0.25, 0.3) is 0 Å². The molecular weight excluding hydrogens is 437 g/mol. The van der Waals surface area contributed by atoms with E-state index in [1.54, 1.807) is 0 Å². The molecule has 3 aliphatic rings. The molecule has 0 spiro atoms. The molecule has 3 atom stereocenters. The maximum atomic E-state index is 14.8. The van der Waals surface area contributed by atoms with Crippen molar-refractivity contribution in [3.05, 3.63) is 45.7 Å². The third-order valence-corrected chi connectivity index (χ3v) is 7.07. The van der Waals surface area contributed by atoms with Gasteiger partial charge in [-0.2, -0.15) is 0 Å². The van der Waals surface area contributed by atoms with Crippen molar-refractivity contribution in [2.75, 3.05) is 26.0 Å². The summed E-state index contributed by atoms with van der Waals surface area (Å²) in [5.74, 6) is -7.26. The first-order valence-electron chi connectivity index (χ1n) is 10.3. The van der Waals surface area contributed by atoms with Crippen LogP contribution in [0.4, 0.5) is 10.1 Å². The van der Waals surface area contributed by atoms with Gasteiger partial charge in [-0.05, 0) is 25.8 Å². The molecule has 1 unspecified atom stereocenters. The first-order chi connectivity index (χ1) is 15.4. The summed E-state index contributed by atoms with van der Waals surface area (Å²) in [6.07, 6.45) is -0.604. The number of phenols is 1. The minimum atomic E-state index is -2.75. The Morgan fingerprint density at radius 1 is 1.27 bits per heavy atom. The summed E-state index contributed by atoms with van der Waals surface area (Å²) in [6.45, 7) is -0.0906. The Balaban J connectivity index is 2.00. The van der Waals surface area contributed by atoms with Crippen LogP contribution in [0.5, 0.6) is 5.75 Å². The summed E-state index contributed by atoms with van der Waals surface area (Å²) in [5, 5.41) is 49.2. The number of aliphatic hydroxyl groups is 3. The lowest BCUT2D eigenvalue weighted by Gasteiger charge is -2.53. The topological polar surface area (TPSA) is 182 Å². The number of benzene rings is 1. The van der Waals surface area contributed by atoms with Gasteiger partial charge in [0.2, 0.25) is 5.78 Å². The summed E-state index contributed by atoms with van der Waals surface area (Å²) in [4.78, 5) is 38.5. The van der Waals surface area contributed by atoms with Crippen molar-refractivity contribution in [1.29, 1.82) is 0 Å². The van der Waals surface area contributed by atoms with Gasteiger partial charge in [-0.3, -0.25) is 14.4 Å². The van der Waals surface area contributed by atoms with Gasteiger partial charge >= 0.3 is 0 Å². The van der Waals surface area contributed by atoms with Crippen molar-refractivity contribution < 1.29 is 39.2 Å². The maximum absolute atomic E-state index is 14.8. The number of halogens is 1. The zero-order valence-corrected chi connectivity index (χ0v) is 18.0. The van der Waals surface area contributed by atoms with E-state index in [0.29, 0.717) is 0 Å². The van der Waals surface area contributed by atoms with E-state index in [4.69, 9.17) is 5.73 Å². The first-order valence-corrected chi connectivity index (χ1v) is 10.3. The summed E-state index contributed by atoms with van der Waals surface area (Å²) >= 11 is 0. The predicted octanol–water partition coefficient (Wildman–Crippen LogP) is 0.351. The molecule has 33 heavy (non-hydrogen) atoms. The molecule has 4 rings (SSSR count). The number of aliphatic hydroxyl groups excluding tert-OH is 2. The van der Waals surface area contributed by atoms with Gasteiger partial charge < -0.3 is 36.8 Å². The molecule has 0 aliphatic heterocycles. The molecule has 0 bridgehead atoms. The molecule has 10 nitrogen and oxygen atoms in total. The zero-order chi connectivity index (χ0) is 24.5. The van der Waals surface area contributed by atoms with Crippen molar-refractivity contribution >= 4 is 23.2 Å². The number of aromatic hydroxyl groups is 1. The normalized spacial score (nSPS) is 28.9. The standard InChI is InChI=1S/C22H24FN3O7/c1-25-7-21-5-8-3-9-10(23)4-11(26-2)16(28)14(9)17(29)13(8)18(30)22(21,33)19(31)15(20(24)32)12(27)6-21/h4,8,25-28,30,33H,3,5-7H2,1-2H3,(H2,24,32)/t8?,21-,22-/m0/s1. The summed E-state index contributed by atoms with van der Waals surface area (Å²) in [6, 6.07) is 1.05. The van der Waals surface area contributed by atoms with E-state index in [9.17, 15) is 39.2 Å². The van der Waals surface area contributed by atoms with Gasteiger partial charge in [0, 0.05) is 42.6 Å². The summed E-state index contributed by atoms with van der Waals surface area (Å²) in [7, 11) is 2.95. The Morgan fingerprint density at radius 3 is 2.52 bits per heavy atom. The Bertz CT molecular complexity index is 1190. The molecule has 0 aromatic heterocycles. The van der Waals surface area contributed by atoms with Crippen LogP contribution in [0.2, 0.25) is 0 Å². The zero-order valence-electron chi connectivity index (χ0n) is 18.0. The molecule has 0 fully saturated rings. The number of hydrogen-bond acceptors (Lipinski definition) is 9. The highest BCUT2D eigenvalue weighted by Crippen LogP contribution is 2.58. The van der Waals surface area contributed by atoms with Crippen molar-refractivity contribution in [3.8, 4) is 5.75 Å². The average Bonchev–Trinajstić information content (AvgIpc) is 2.73. The van der Waals surface area contributed by atoms with Crippen LogP contribution in [-0.2, 0) is 16.0 Å². The molecule has 3 aliphatic carbocycles. The Morgan fingerprint density at radius 2 is 1.94 bits per heavy atom. The SMILES string of the molecule is CNC[C@]12CC(O)=C(C(N)=O)C(=O)[C@@]1(O)C(O)=C1C(=O)c3c(O)c(NC)cc(F)c3CC1C2. The number of anilines is 1.